The molecule has 1 saturated heterocycles. The van der Waals surface area contributed by atoms with E-state index in [1.54, 1.807) is 0 Å². The fourth-order valence-corrected chi connectivity index (χ4v) is 4.43. The summed E-state index contributed by atoms with van der Waals surface area (Å²) < 4.78 is 22.8. The minimum Gasteiger partial charge on any atom is -0.364 e. The minimum absolute atomic E-state index is 0.251. The summed E-state index contributed by atoms with van der Waals surface area (Å²) in [6.07, 6.45) is 1.64. The molecule has 0 atom stereocenters. The highest BCUT2D eigenvalue weighted by Gasteiger charge is 2.61. The van der Waals surface area contributed by atoms with Gasteiger partial charge >= 0.3 is 15.2 Å². The topological polar surface area (TPSA) is 168 Å². The lowest BCUT2D eigenvalue weighted by Gasteiger charge is -2.33. The van der Waals surface area contributed by atoms with E-state index in [9.17, 15) is 33.8 Å². The Morgan fingerprint density at radius 1 is 1.00 bits per heavy atom. The summed E-state index contributed by atoms with van der Waals surface area (Å²) in [5, 5.41) is 6.30. The molecule has 0 amide bonds. The molecule has 23 heavy (non-hydrogen) atoms. The molecule has 1 aromatic rings. The Bertz CT molecular complexity index is 628. The second-order valence-corrected chi connectivity index (χ2v) is 9.11. The van der Waals surface area contributed by atoms with Crippen molar-refractivity contribution in [2.75, 3.05) is 38.1 Å². The summed E-state index contributed by atoms with van der Waals surface area (Å²) in [5.41, 5.74) is -0.739. The summed E-state index contributed by atoms with van der Waals surface area (Å²) in [5.74, 6) is 0.251. The van der Waals surface area contributed by atoms with Crippen molar-refractivity contribution in [3.8, 4) is 0 Å². The van der Waals surface area contributed by atoms with Crippen LogP contribution in [0.25, 0.3) is 0 Å². The fraction of sp³-hybridized carbons (Fsp3) is 0.600. The van der Waals surface area contributed by atoms with Crippen molar-refractivity contribution in [3.05, 3.63) is 18.0 Å². The van der Waals surface area contributed by atoms with E-state index in [2.05, 4.69) is 14.9 Å². The molecular weight excluding hydrogens is 350 g/mol. The first-order valence-corrected chi connectivity index (χ1v) is 9.79. The maximum atomic E-state index is 11.4. The molecule has 0 saturated carbocycles. The van der Waals surface area contributed by atoms with Crippen LogP contribution >= 0.6 is 15.2 Å². The predicted molar refractivity (Wildman–Crippen MR) is 79.7 cm³/mol. The van der Waals surface area contributed by atoms with E-state index in [-0.39, 0.29) is 5.95 Å². The van der Waals surface area contributed by atoms with E-state index in [1.807, 2.05) is 11.9 Å². The molecule has 2 heterocycles. The zero-order valence-electron chi connectivity index (χ0n) is 12.2. The van der Waals surface area contributed by atoms with Crippen molar-refractivity contribution in [1.29, 1.82) is 0 Å². The third kappa shape index (κ3) is 3.47. The molecule has 0 spiro atoms. The molecule has 2 rings (SSSR count). The molecule has 1 fully saturated rings. The number of rotatable bonds is 4. The maximum Gasteiger partial charge on any atom is 0.374 e. The maximum absolute atomic E-state index is 11.4. The van der Waals surface area contributed by atoms with Gasteiger partial charge in [-0.25, -0.2) is 9.97 Å². The van der Waals surface area contributed by atoms with E-state index in [0.29, 0.717) is 13.1 Å². The van der Waals surface area contributed by atoms with Crippen LogP contribution in [0.5, 0.6) is 0 Å². The monoisotopic (exact) mass is 368 g/mol. The second-order valence-electron chi connectivity index (χ2n) is 5.29. The number of piperazine rings is 1. The normalized spacial score (nSPS) is 18.3. The van der Waals surface area contributed by atoms with Crippen LogP contribution in [0.15, 0.2) is 12.4 Å². The predicted octanol–water partition coefficient (Wildman–Crippen LogP) is -1.31. The van der Waals surface area contributed by atoms with Crippen LogP contribution in [0.2, 0.25) is 0 Å². The van der Waals surface area contributed by atoms with Gasteiger partial charge in [0.2, 0.25) is 5.95 Å². The second kappa shape index (κ2) is 6.19. The molecule has 5 N–H and O–H groups in total. The molecule has 1 aromatic heterocycles. The number of hydrogen-bond donors (Lipinski definition) is 5. The van der Waals surface area contributed by atoms with Crippen LogP contribution in [-0.4, -0.2) is 72.8 Å². The summed E-state index contributed by atoms with van der Waals surface area (Å²) >= 11 is 0. The van der Waals surface area contributed by atoms with Gasteiger partial charge in [0.05, 0.1) is 0 Å². The van der Waals surface area contributed by atoms with Gasteiger partial charge in [-0.1, -0.05) is 0 Å². The van der Waals surface area contributed by atoms with Gasteiger partial charge in [-0.05, 0) is 7.05 Å². The Labute approximate surface area is 131 Å². The lowest BCUT2D eigenvalue weighted by Crippen LogP contribution is -2.45. The van der Waals surface area contributed by atoms with Gasteiger partial charge in [-0.3, -0.25) is 9.13 Å². The van der Waals surface area contributed by atoms with Crippen LogP contribution in [0, 0.1) is 0 Å². The fourth-order valence-electron chi connectivity index (χ4n) is 2.17. The molecule has 1 aliphatic rings. The minimum atomic E-state index is -5.59. The summed E-state index contributed by atoms with van der Waals surface area (Å²) in [7, 11) is -9.23. The Kier molecular flexibility index (Phi) is 4.97. The third-order valence-electron chi connectivity index (χ3n) is 3.62. The van der Waals surface area contributed by atoms with E-state index in [0.717, 1.165) is 25.5 Å². The number of anilines is 1. The average Bonchev–Trinajstić information content (AvgIpc) is 2.45. The quantitative estimate of drug-likeness (QED) is 0.400. The molecule has 0 unspecified atom stereocenters. The van der Waals surface area contributed by atoms with E-state index in [4.69, 9.17) is 0 Å². The van der Waals surface area contributed by atoms with Gasteiger partial charge in [0.25, 0.3) is 5.08 Å². The number of likely N-dealkylation sites (N-methyl/N-ethyl adjacent to an activating group) is 1. The largest absolute Gasteiger partial charge is 0.374 e. The van der Waals surface area contributed by atoms with Crippen molar-refractivity contribution in [2.24, 2.45) is 0 Å². The number of aliphatic hydroxyl groups is 1. The first-order valence-electron chi connectivity index (χ1n) is 6.56. The Balaban J connectivity index is 2.34. The number of aromatic nitrogens is 2. The molecule has 0 aromatic carbocycles. The summed E-state index contributed by atoms with van der Waals surface area (Å²) in [4.78, 5) is 48.3. The van der Waals surface area contributed by atoms with Gasteiger partial charge < -0.3 is 34.5 Å². The van der Waals surface area contributed by atoms with E-state index in [1.165, 1.54) is 0 Å². The lowest BCUT2D eigenvalue weighted by atomic mass is 10.3. The zero-order chi connectivity index (χ0) is 17.5. The van der Waals surface area contributed by atoms with Crippen LogP contribution in [-0.2, 0) is 14.2 Å². The van der Waals surface area contributed by atoms with Crippen LogP contribution in [0.1, 0.15) is 5.56 Å². The van der Waals surface area contributed by atoms with Crippen molar-refractivity contribution < 1.29 is 33.8 Å². The van der Waals surface area contributed by atoms with Crippen molar-refractivity contribution >= 4 is 21.1 Å². The Hall–Kier alpha value is -0.900. The molecule has 11 nitrogen and oxygen atoms in total. The highest BCUT2D eigenvalue weighted by Crippen LogP contribution is 2.72. The van der Waals surface area contributed by atoms with E-state index >= 15 is 0 Å². The smallest absolute Gasteiger partial charge is 0.364 e. The van der Waals surface area contributed by atoms with Gasteiger partial charge in [-0.2, -0.15) is 0 Å². The van der Waals surface area contributed by atoms with Crippen molar-refractivity contribution in [3.63, 3.8) is 0 Å². The van der Waals surface area contributed by atoms with Gasteiger partial charge in [0, 0.05) is 44.1 Å². The van der Waals surface area contributed by atoms with E-state index < -0.39 is 25.8 Å². The highest BCUT2D eigenvalue weighted by molar-refractivity contribution is 7.71. The number of nitrogens with zero attached hydrogens (tertiary/aromatic N) is 4. The highest BCUT2D eigenvalue weighted by atomic mass is 31.2. The summed E-state index contributed by atoms with van der Waals surface area (Å²) in [6.45, 7) is 2.83. The molecule has 130 valence electrons. The van der Waals surface area contributed by atoms with Gasteiger partial charge in [0.1, 0.15) is 0 Å². The third-order valence-corrected chi connectivity index (χ3v) is 7.33. The Morgan fingerprint density at radius 2 is 1.43 bits per heavy atom. The molecule has 0 bridgehead atoms. The molecule has 1 aliphatic heterocycles. The molecule has 0 radical (unpaired) electrons. The lowest BCUT2D eigenvalue weighted by molar-refractivity contribution is 0.130. The molecule has 13 heteroatoms. The zero-order valence-corrected chi connectivity index (χ0v) is 14.0. The average molecular weight is 368 g/mol. The number of hydrogen-bond acceptors (Lipinski definition) is 7. The van der Waals surface area contributed by atoms with Gasteiger partial charge in [0.15, 0.2) is 0 Å². The van der Waals surface area contributed by atoms with Crippen LogP contribution in [0.4, 0.5) is 5.95 Å². The molecular formula is C10H18N4O7P2. The summed E-state index contributed by atoms with van der Waals surface area (Å²) in [6, 6.07) is 0. The first-order chi connectivity index (χ1) is 10.5. The van der Waals surface area contributed by atoms with Crippen LogP contribution < -0.4 is 4.90 Å². The standard InChI is InChI=1S/C10H18N4O7P2/c1-13-2-4-14(5-3-13)9-11-6-8(7-12-9)10(15,22(16,17)18)23(19,20)21/h6-7,15H,2-5H2,1H3,(H2,16,17,18)(H2,19,20,21). The van der Waals surface area contributed by atoms with Gasteiger partial charge in [-0.15, -0.1) is 0 Å². The SMILES string of the molecule is CN1CCN(c2ncc(C(O)(P(=O)(O)O)P(=O)(O)O)cn2)CC1. The molecule has 0 aliphatic carbocycles. The van der Waals surface area contributed by atoms with Crippen molar-refractivity contribution in [1.82, 2.24) is 14.9 Å². The van der Waals surface area contributed by atoms with Crippen LogP contribution in [0.3, 0.4) is 0 Å². The Morgan fingerprint density at radius 3 is 1.83 bits per heavy atom. The first kappa shape index (κ1) is 18.4. The van der Waals surface area contributed by atoms with Crippen molar-refractivity contribution in [2.45, 2.75) is 5.08 Å².